The van der Waals surface area contributed by atoms with Crippen LogP contribution in [-0.2, 0) is 17.6 Å². The average molecular weight is 332 g/mol. The van der Waals surface area contributed by atoms with E-state index in [9.17, 15) is 0 Å². The van der Waals surface area contributed by atoms with Crippen molar-refractivity contribution in [3.8, 4) is 5.75 Å². The van der Waals surface area contributed by atoms with Gasteiger partial charge in [-0.1, -0.05) is 26.0 Å². The van der Waals surface area contributed by atoms with Crippen LogP contribution in [0.5, 0.6) is 5.75 Å². The summed E-state index contributed by atoms with van der Waals surface area (Å²) in [5, 5.41) is 0. The highest BCUT2D eigenvalue weighted by molar-refractivity contribution is 5.49. The zero-order valence-electron chi connectivity index (χ0n) is 15.7. The van der Waals surface area contributed by atoms with Gasteiger partial charge >= 0.3 is 0 Å². The van der Waals surface area contributed by atoms with E-state index in [0.29, 0.717) is 6.04 Å². The Kier molecular flexibility index (Phi) is 5.80. The third-order valence-electron chi connectivity index (χ3n) is 5.42. The lowest BCUT2D eigenvalue weighted by Crippen LogP contribution is -2.49. The molecule has 0 saturated carbocycles. The second-order valence-corrected chi connectivity index (χ2v) is 7.16. The van der Waals surface area contributed by atoms with Crippen LogP contribution in [0, 0.1) is 0 Å². The van der Waals surface area contributed by atoms with E-state index in [-0.39, 0.29) is 6.10 Å². The Morgan fingerprint density at radius 2 is 2.00 bits per heavy atom. The molecule has 134 valence electrons. The van der Waals surface area contributed by atoms with E-state index in [4.69, 9.17) is 9.47 Å². The van der Waals surface area contributed by atoms with Crippen LogP contribution in [0.25, 0.3) is 0 Å². The number of morpholine rings is 1. The summed E-state index contributed by atoms with van der Waals surface area (Å²) < 4.78 is 12.5. The predicted octanol–water partition coefficient (Wildman–Crippen LogP) is 2.90. The minimum Gasteiger partial charge on any atom is -0.493 e. The van der Waals surface area contributed by atoms with Gasteiger partial charge in [-0.25, -0.2) is 0 Å². The molecule has 2 unspecified atom stereocenters. The van der Waals surface area contributed by atoms with Crippen molar-refractivity contribution in [3.63, 3.8) is 0 Å². The fourth-order valence-electron chi connectivity index (χ4n) is 4.08. The van der Waals surface area contributed by atoms with Crippen LogP contribution in [0.15, 0.2) is 12.1 Å². The molecule has 4 heteroatoms. The summed E-state index contributed by atoms with van der Waals surface area (Å²) in [4.78, 5) is 4.86. The molecular formula is C20H32N2O2. The third-order valence-corrected chi connectivity index (χ3v) is 5.42. The Balaban J connectivity index is 1.91. The second-order valence-electron chi connectivity index (χ2n) is 7.16. The van der Waals surface area contributed by atoms with Crippen molar-refractivity contribution in [1.29, 1.82) is 0 Å². The van der Waals surface area contributed by atoms with Gasteiger partial charge in [0.05, 0.1) is 13.2 Å². The van der Waals surface area contributed by atoms with Gasteiger partial charge in [0, 0.05) is 31.2 Å². The maximum atomic E-state index is 6.26. The second kappa shape index (κ2) is 7.85. The quantitative estimate of drug-likeness (QED) is 0.828. The van der Waals surface area contributed by atoms with Crippen molar-refractivity contribution >= 4 is 0 Å². The molecule has 2 aliphatic rings. The van der Waals surface area contributed by atoms with Gasteiger partial charge in [0.15, 0.2) is 0 Å². The van der Waals surface area contributed by atoms with E-state index < -0.39 is 0 Å². The van der Waals surface area contributed by atoms with E-state index in [1.807, 2.05) is 0 Å². The molecule has 2 aliphatic heterocycles. The highest BCUT2D eigenvalue weighted by atomic mass is 16.5. The number of hydrogen-bond acceptors (Lipinski definition) is 4. The monoisotopic (exact) mass is 332 g/mol. The minimum absolute atomic E-state index is 0.148. The molecule has 0 aromatic heterocycles. The molecule has 1 saturated heterocycles. The van der Waals surface area contributed by atoms with Crippen molar-refractivity contribution in [3.05, 3.63) is 28.8 Å². The van der Waals surface area contributed by atoms with Gasteiger partial charge in [-0.3, -0.25) is 4.90 Å². The molecule has 0 bridgehead atoms. The summed E-state index contributed by atoms with van der Waals surface area (Å²) in [7, 11) is 4.28. The molecule has 0 spiro atoms. The first-order chi connectivity index (χ1) is 11.7. The number of nitrogens with zero attached hydrogens (tertiary/aromatic N) is 2. The number of aryl methyl sites for hydroxylation is 1. The third kappa shape index (κ3) is 3.46. The summed E-state index contributed by atoms with van der Waals surface area (Å²) >= 11 is 0. The van der Waals surface area contributed by atoms with Gasteiger partial charge in [0.1, 0.15) is 11.9 Å². The van der Waals surface area contributed by atoms with Gasteiger partial charge in [-0.2, -0.15) is 0 Å². The minimum atomic E-state index is 0.148. The maximum absolute atomic E-state index is 6.26. The summed E-state index contributed by atoms with van der Waals surface area (Å²) in [5.74, 6) is 1.11. The van der Waals surface area contributed by atoms with Crippen LogP contribution in [0.3, 0.4) is 0 Å². The SMILES string of the molecule is CCc1ccc2c(c1CC)OCCC1C2OCCN1CCN(C)C. The van der Waals surface area contributed by atoms with E-state index in [2.05, 4.69) is 49.9 Å². The van der Waals surface area contributed by atoms with E-state index in [1.165, 1.54) is 16.7 Å². The molecule has 1 fully saturated rings. The van der Waals surface area contributed by atoms with Gasteiger partial charge in [0.25, 0.3) is 0 Å². The van der Waals surface area contributed by atoms with Crippen molar-refractivity contribution in [1.82, 2.24) is 9.80 Å². The van der Waals surface area contributed by atoms with Crippen LogP contribution < -0.4 is 4.74 Å². The summed E-state index contributed by atoms with van der Waals surface area (Å²) in [6.45, 7) is 9.26. The average Bonchev–Trinajstić information content (AvgIpc) is 2.78. The Labute approximate surface area is 146 Å². The largest absolute Gasteiger partial charge is 0.493 e. The van der Waals surface area contributed by atoms with E-state index in [0.717, 1.165) is 57.9 Å². The first-order valence-corrected chi connectivity index (χ1v) is 9.43. The van der Waals surface area contributed by atoms with Crippen LogP contribution in [0.4, 0.5) is 0 Å². The Hall–Kier alpha value is -1.10. The first-order valence-electron chi connectivity index (χ1n) is 9.43. The smallest absolute Gasteiger partial charge is 0.128 e. The number of benzene rings is 1. The molecule has 1 aromatic carbocycles. The molecule has 0 amide bonds. The van der Waals surface area contributed by atoms with Crippen LogP contribution >= 0.6 is 0 Å². The summed E-state index contributed by atoms with van der Waals surface area (Å²) in [6.07, 6.45) is 3.27. The lowest BCUT2D eigenvalue weighted by Gasteiger charge is -2.41. The normalized spacial score (nSPS) is 24.2. The molecule has 1 aromatic rings. The fraction of sp³-hybridized carbons (Fsp3) is 0.700. The molecular weight excluding hydrogens is 300 g/mol. The molecule has 2 atom stereocenters. The van der Waals surface area contributed by atoms with Crippen LogP contribution in [0.2, 0.25) is 0 Å². The predicted molar refractivity (Wildman–Crippen MR) is 97.9 cm³/mol. The van der Waals surface area contributed by atoms with Crippen molar-refractivity contribution in [2.45, 2.75) is 45.3 Å². The standard InChI is InChI=1S/C20H32N2O2/c1-5-15-7-8-17-19(16(15)6-2)23-13-9-18-20(17)24-14-12-22(18)11-10-21(3)4/h7-8,18,20H,5-6,9-14H2,1-4H3. The molecule has 4 nitrogen and oxygen atoms in total. The number of likely N-dealkylation sites (N-methyl/N-ethyl adjacent to an activating group) is 1. The highest BCUT2D eigenvalue weighted by Gasteiger charge is 2.37. The Bertz CT molecular complexity index is 559. The Morgan fingerprint density at radius 1 is 1.17 bits per heavy atom. The maximum Gasteiger partial charge on any atom is 0.128 e. The zero-order valence-corrected chi connectivity index (χ0v) is 15.7. The van der Waals surface area contributed by atoms with Gasteiger partial charge in [0.2, 0.25) is 0 Å². The van der Waals surface area contributed by atoms with Crippen molar-refractivity contribution in [2.75, 3.05) is 46.9 Å². The lowest BCUT2D eigenvalue weighted by atomic mass is 9.92. The van der Waals surface area contributed by atoms with Gasteiger partial charge < -0.3 is 14.4 Å². The van der Waals surface area contributed by atoms with Crippen molar-refractivity contribution < 1.29 is 9.47 Å². The number of rotatable bonds is 5. The summed E-state index contributed by atoms with van der Waals surface area (Å²) in [5.41, 5.74) is 4.06. The topological polar surface area (TPSA) is 24.9 Å². The molecule has 0 aliphatic carbocycles. The molecule has 3 rings (SSSR count). The Morgan fingerprint density at radius 3 is 2.71 bits per heavy atom. The van der Waals surface area contributed by atoms with E-state index >= 15 is 0 Å². The highest BCUT2D eigenvalue weighted by Crippen LogP contribution is 2.41. The van der Waals surface area contributed by atoms with Gasteiger partial charge in [-0.15, -0.1) is 0 Å². The molecule has 0 radical (unpaired) electrons. The molecule has 0 N–H and O–H groups in total. The molecule has 24 heavy (non-hydrogen) atoms. The fourth-order valence-corrected chi connectivity index (χ4v) is 4.08. The number of ether oxygens (including phenoxy) is 2. The van der Waals surface area contributed by atoms with Crippen molar-refractivity contribution in [2.24, 2.45) is 0 Å². The zero-order chi connectivity index (χ0) is 17.1. The first kappa shape index (κ1) is 17.7. The van der Waals surface area contributed by atoms with Crippen LogP contribution in [-0.4, -0.2) is 62.8 Å². The summed E-state index contributed by atoms with van der Waals surface area (Å²) in [6, 6.07) is 4.97. The van der Waals surface area contributed by atoms with E-state index in [1.54, 1.807) is 0 Å². The lowest BCUT2D eigenvalue weighted by molar-refractivity contribution is -0.0753. The number of fused-ring (bicyclic) bond motifs is 3. The number of hydrogen-bond donors (Lipinski definition) is 0. The van der Waals surface area contributed by atoms with Crippen LogP contribution in [0.1, 0.15) is 43.1 Å². The molecule has 2 heterocycles. The van der Waals surface area contributed by atoms with Gasteiger partial charge in [-0.05, 0) is 44.5 Å².